The molecular weight excluding hydrogens is 446 g/mol. The van der Waals surface area contributed by atoms with Gasteiger partial charge in [-0.3, -0.25) is 14.6 Å². The Hall–Kier alpha value is -2.84. The van der Waals surface area contributed by atoms with Crippen LogP contribution in [-0.4, -0.2) is 82.1 Å². The lowest BCUT2D eigenvalue weighted by Gasteiger charge is -2.37. The zero-order valence-corrected chi connectivity index (χ0v) is 20.5. The largest absolute Gasteiger partial charge is 0.465 e. The normalized spacial score (nSPS) is 34.6. The maximum atomic E-state index is 14.1. The summed E-state index contributed by atoms with van der Waals surface area (Å²) in [7, 11) is 4.06. The minimum Gasteiger partial charge on any atom is -0.465 e. The first-order valence-electron chi connectivity index (χ1n) is 13.0. The maximum absolute atomic E-state index is 14.1. The Kier molecular flexibility index (Phi) is 5.23. The first-order chi connectivity index (χ1) is 16.8. The number of amides is 3. The van der Waals surface area contributed by atoms with Gasteiger partial charge in [0.1, 0.15) is 12.1 Å². The van der Waals surface area contributed by atoms with Crippen molar-refractivity contribution in [1.82, 2.24) is 20.1 Å². The molecule has 1 aromatic heterocycles. The van der Waals surface area contributed by atoms with Crippen molar-refractivity contribution < 1.29 is 19.5 Å². The van der Waals surface area contributed by atoms with Gasteiger partial charge in [-0.1, -0.05) is 0 Å². The molecule has 0 aromatic carbocycles. The highest BCUT2D eigenvalue weighted by molar-refractivity contribution is 5.93. The highest BCUT2D eigenvalue weighted by Crippen LogP contribution is 2.56. The molecule has 6 atom stereocenters. The lowest BCUT2D eigenvalue weighted by Crippen LogP contribution is -2.57. The lowest BCUT2D eigenvalue weighted by atomic mass is 9.95. The highest BCUT2D eigenvalue weighted by atomic mass is 16.4. The summed E-state index contributed by atoms with van der Waals surface area (Å²) in [6.07, 6.45) is 9.54. The summed E-state index contributed by atoms with van der Waals surface area (Å²) in [6.45, 7) is 0.649. The molecule has 3 amide bonds. The Morgan fingerprint density at radius 3 is 2.66 bits per heavy atom. The van der Waals surface area contributed by atoms with E-state index in [1.807, 2.05) is 32.6 Å². The fraction of sp³-hybridized carbons (Fsp3) is 0.692. The predicted octanol–water partition coefficient (Wildman–Crippen LogP) is 2.42. The molecule has 4 heterocycles. The van der Waals surface area contributed by atoms with E-state index in [1.54, 1.807) is 4.90 Å². The van der Waals surface area contributed by atoms with Gasteiger partial charge in [0.2, 0.25) is 11.8 Å². The molecule has 2 saturated carbocycles. The number of pyridine rings is 1. The van der Waals surface area contributed by atoms with Crippen LogP contribution in [0.3, 0.4) is 0 Å². The number of anilines is 1. The van der Waals surface area contributed by atoms with Crippen LogP contribution >= 0.6 is 0 Å². The Morgan fingerprint density at radius 2 is 1.94 bits per heavy atom. The van der Waals surface area contributed by atoms with Crippen molar-refractivity contribution in [1.29, 1.82) is 0 Å². The van der Waals surface area contributed by atoms with E-state index in [1.165, 1.54) is 5.56 Å². The lowest BCUT2D eigenvalue weighted by molar-refractivity contribution is -0.148. The minimum atomic E-state index is -1.17. The minimum absolute atomic E-state index is 0.0389. The number of fused-ring (bicyclic) bond motifs is 2. The molecule has 5 fully saturated rings. The summed E-state index contributed by atoms with van der Waals surface area (Å²) in [5.74, 6) is 1.04. The molecule has 35 heavy (non-hydrogen) atoms. The molecule has 9 heteroatoms. The maximum Gasteiger partial charge on any atom is 0.405 e. The Morgan fingerprint density at radius 1 is 1.17 bits per heavy atom. The number of likely N-dealkylation sites (tertiary alicyclic amines) is 1. The second kappa shape index (κ2) is 8.10. The summed E-state index contributed by atoms with van der Waals surface area (Å²) in [5.41, 5.74) is 2.21. The van der Waals surface area contributed by atoms with Crippen molar-refractivity contribution in [2.24, 2.45) is 11.8 Å². The van der Waals surface area contributed by atoms with Crippen LogP contribution < -0.4 is 10.2 Å². The molecule has 2 N–H and O–H groups in total. The molecule has 9 nitrogen and oxygen atoms in total. The van der Waals surface area contributed by atoms with Gasteiger partial charge >= 0.3 is 6.09 Å². The molecule has 6 rings (SSSR count). The number of carbonyl (C=O) groups is 3. The molecule has 2 aliphatic carbocycles. The van der Waals surface area contributed by atoms with E-state index >= 15 is 0 Å². The number of rotatable bonds is 4. The van der Waals surface area contributed by atoms with E-state index in [0.29, 0.717) is 31.2 Å². The third kappa shape index (κ3) is 3.83. The van der Waals surface area contributed by atoms with Crippen LogP contribution in [0.1, 0.15) is 62.8 Å². The first-order valence-corrected chi connectivity index (χ1v) is 13.0. The van der Waals surface area contributed by atoms with Gasteiger partial charge in [-0.15, -0.1) is 0 Å². The fourth-order valence-electron chi connectivity index (χ4n) is 7.28. The molecular formula is C26H35N5O4. The Bertz CT molecular complexity index is 1060. The Balaban J connectivity index is 1.25. The topological polar surface area (TPSA) is 106 Å². The van der Waals surface area contributed by atoms with Crippen LogP contribution in [-0.2, 0) is 9.59 Å². The zero-order valence-electron chi connectivity index (χ0n) is 20.5. The van der Waals surface area contributed by atoms with Gasteiger partial charge < -0.3 is 25.1 Å². The summed E-state index contributed by atoms with van der Waals surface area (Å²) in [6, 6.07) is 0.829. The number of nitrogens with one attached hydrogen (secondary N) is 1. The number of hydrogen-bond acceptors (Lipinski definition) is 5. The Labute approximate surface area is 205 Å². The van der Waals surface area contributed by atoms with E-state index < -0.39 is 18.2 Å². The molecule has 3 saturated heterocycles. The van der Waals surface area contributed by atoms with E-state index in [0.717, 1.165) is 44.2 Å². The number of hydrogen-bond donors (Lipinski definition) is 2. The monoisotopic (exact) mass is 481 g/mol. The van der Waals surface area contributed by atoms with Gasteiger partial charge in [-0.2, -0.15) is 0 Å². The van der Waals surface area contributed by atoms with Crippen molar-refractivity contribution in [2.75, 3.05) is 25.5 Å². The van der Waals surface area contributed by atoms with E-state index in [-0.39, 0.29) is 29.3 Å². The molecule has 0 radical (unpaired) electrons. The van der Waals surface area contributed by atoms with Gasteiger partial charge in [-0.05, 0) is 74.8 Å². The third-order valence-electron chi connectivity index (χ3n) is 9.26. The SMILES string of the molecule is CN(C)c1ccncc1C1CN(C(=O)[C@@H]2CC[C@@H]3C[C@H]4C[C@H]4C[C@H](NC(=O)O)C(=O)N32)C2(CC2)C1. The summed E-state index contributed by atoms with van der Waals surface area (Å²) >= 11 is 0. The van der Waals surface area contributed by atoms with Crippen molar-refractivity contribution in [2.45, 2.75) is 80.9 Å². The van der Waals surface area contributed by atoms with Crippen LogP contribution in [0.2, 0.25) is 0 Å². The quantitative estimate of drug-likeness (QED) is 0.684. The number of carboxylic acid groups (broad SMARTS) is 1. The van der Waals surface area contributed by atoms with Crippen LogP contribution in [0.25, 0.3) is 0 Å². The van der Waals surface area contributed by atoms with E-state index in [2.05, 4.69) is 20.1 Å². The van der Waals surface area contributed by atoms with Crippen LogP contribution in [0, 0.1) is 11.8 Å². The smallest absolute Gasteiger partial charge is 0.405 e. The molecule has 0 bridgehead atoms. The highest BCUT2D eigenvalue weighted by Gasteiger charge is 2.59. The van der Waals surface area contributed by atoms with Gasteiger partial charge in [0, 0.05) is 56.2 Å². The second-order valence-corrected chi connectivity index (χ2v) is 11.6. The summed E-state index contributed by atoms with van der Waals surface area (Å²) in [5, 5.41) is 11.8. The summed E-state index contributed by atoms with van der Waals surface area (Å²) in [4.78, 5) is 49.5. The molecule has 1 unspecified atom stereocenters. The van der Waals surface area contributed by atoms with Gasteiger partial charge in [0.25, 0.3) is 0 Å². The number of aromatic nitrogens is 1. The van der Waals surface area contributed by atoms with Crippen molar-refractivity contribution >= 4 is 23.6 Å². The summed E-state index contributed by atoms with van der Waals surface area (Å²) < 4.78 is 0. The average Bonchev–Trinajstić information content (AvgIpc) is 3.65. The van der Waals surface area contributed by atoms with Gasteiger partial charge in [0.15, 0.2) is 0 Å². The predicted molar refractivity (Wildman–Crippen MR) is 129 cm³/mol. The second-order valence-electron chi connectivity index (χ2n) is 11.6. The zero-order chi connectivity index (χ0) is 24.5. The van der Waals surface area contributed by atoms with Gasteiger partial charge in [0.05, 0.1) is 0 Å². The van der Waals surface area contributed by atoms with Crippen LogP contribution in [0.5, 0.6) is 0 Å². The van der Waals surface area contributed by atoms with E-state index in [4.69, 9.17) is 0 Å². The van der Waals surface area contributed by atoms with Crippen molar-refractivity contribution in [3.63, 3.8) is 0 Å². The first kappa shape index (κ1) is 22.6. The fourth-order valence-corrected chi connectivity index (χ4v) is 7.28. The van der Waals surface area contributed by atoms with Crippen LogP contribution in [0.15, 0.2) is 18.5 Å². The van der Waals surface area contributed by atoms with Crippen LogP contribution in [0.4, 0.5) is 10.5 Å². The number of carbonyl (C=O) groups excluding carboxylic acids is 2. The van der Waals surface area contributed by atoms with E-state index in [9.17, 15) is 19.5 Å². The number of nitrogens with zero attached hydrogens (tertiary/aromatic N) is 4. The standard InChI is InChI=1S/C26H35N5O4/c1-29(2)21-5-8-27-13-19(21)17-12-26(6-7-26)30(14-17)24(33)22-4-3-18-10-15-9-16(15)11-20(28-25(34)35)23(32)31(18)22/h5,8,13,15-18,20,22,28H,3-4,6-7,9-12,14H2,1-2H3,(H,34,35)/t15-,16+,17?,18-,20+,22+/m1/s1. The van der Waals surface area contributed by atoms with Crippen molar-refractivity contribution in [3.05, 3.63) is 24.0 Å². The molecule has 1 aromatic rings. The third-order valence-corrected chi connectivity index (χ3v) is 9.26. The van der Waals surface area contributed by atoms with Crippen molar-refractivity contribution in [3.8, 4) is 0 Å². The molecule has 1 spiro atoms. The molecule has 188 valence electrons. The van der Waals surface area contributed by atoms with Gasteiger partial charge in [-0.25, -0.2) is 4.79 Å². The average molecular weight is 482 g/mol. The molecule has 3 aliphatic heterocycles. The molecule has 5 aliphatic rings.